The molecule has 0 fully saturated rings. The summed E-state index contributed by atoms with van der Waals surface area (Å²) in [4.78, 5) is 19.0. The first kappa shape index (κ1) is 16.6. The molecule has 1 aliphatic heterocycles. The van der Waals surface area contributed by atoms with Crippen molar-refractivity contribution in [2.24, 2.45) is 0 Å². The molecule has 7 heteroatoms. The van der Waals surface area contributed by atoms with Crippen LogP contribution in [0.1, 0.15) is 29.8 Å². The summed E-state index contributed by atoms with van der Waals surface area (Å²) >= 11 is 0. The largest absolute Gasteiger partial charge is 0.375 e. The number of hydrogen-bond donors (Lipinski definition) is 1. The third-order valence-corrected chi connectivity index (χ3v) is 4.25. The molecule has 0 radical (unpaired) electrons. The Hall–Kier alpha value is -2.25. The van der Waals surface area contributed by atoms with E-state index in [0.29, 0.717) is 11.7 Å². The Morgan fingerprint density at radius 3 is 2.96 bits per heavy atom. The number of benzene rings is 1. The van der Waals surface area contributed by atoms with Gasteiger partial charge in [-0.05, 0) is 24.1 Å². The summed E-state index contributed by atoms with van der Waals surface area (Å²) in [5, 5.41) is 6.75. The van der Waals surface area contributed by atoms with E-state index in [4.69, 9.17) is 9.26 Å². The van der Waals surface area contributed by atoms with Crippen LogP contribution in [0.2, 0.25) is 0 Å². The van der Waals surface area contributed by atoms with Gasteiger partial charge in [0, 0.05) is 13.7 Å². The first-order valence-electron chi connectivity index (χ1n) is 8.10. The SMILES string of the molecule is CCN1Cc2ccccc2CC1C(=O)NCc1noc(COC)n1. The molecule has 0 aliphatic carbocycles. The molecule has 3 rings (SSSR count). The summed E-state index contributed by atoms with van der Waals surface area (Å²) < 4.78 is 9.96. The lowest BCUT2D eigenvalue weighted by atomic mass is 9.93. The number of rotatable bonds is 6. The molecule has 1 amide bonds. The van der Waals surface area contributed by atoms with Crippen LogP contribution in [0.3, 0.4) is 0 Å². The number of hydrogen-bond acceptors (Lipinski definition) is 6. The highest BCUT2D eigenvalue weighted by molar-refractivity contribution is 5.82. The maximum absolute atomic E-state index is 12.6. The maximum atomic E-state index is 12.6. The lowest BCUT2D eigenvalue weighted by Gasteiger charge is -2.35. The highest BCUT2D eigenvalue weighted by Gasteiger charge is 2.30. The summed E-state index contributed by atoms with van der Waals surface area (Å²) in [6, 6.07) is 8.12. The van der Waals surface area contributed by atoms with Crippen molar-refractivity contribution in [1.29, 1.82) is 0 Å². The van der Waals surface area contributed by atoms with E-state index in [1.807, 2.05) is 12.1 Å². The van der Waals surface area contributed by atoms with Crippen LogP contribution in [-0.2, 0) is 35.6 Å². The van der Waals surface area contributed by atoms with E-state index in [2.05, 4.69) is 39.4 Å². The van der Waals surface area contributed by atoms with Crippen molar-refractivity contribution in [3.63, 3.8) is 0 Å². The number of methoxy groups -OCH3 is 1. The fraction of sp³-hybridized carbons (Fsp3) is 0.471. The molecular weight excluding hydrogens is 308 g/mol. The second-order valence-corrected chi connectivity index (χ2v) is 5.81. The van der Waals surface area contributed by atoms with Gasteiger partial charge in [-0.2, -0.15) is 4.98 Å². The number of carbonyl (C=O) groups excluding carboxylic acids is 1. The molecule has 7 nitrogen and oxygen atoms in total. The molecule has 1 unspecified atom stereocenters. The van der Waals surface area contributed by atoms with Crippen molar-refractivity contribution in [3.8, 4) is 0 Å². The Balaban J connectivity index is 1.63. The van der Waals surface area contributed by atoms with Gasteiger partial charge in [0.1, 0.15) is 6.61 Å². The predicted molar refractivity (Wildman–Crippen MR) is 86.9 cm³/mol. The predicted octanol–water partition coefficient (Wildman–Crippen LogP) is 1.28. The molecule has 1 aromatic carbocycles. The standard InChI is InChI=1S/C17H22N4O3/c1-3-21-10-13-7-5-4-6-12(13)8-14(21)17(22)18-9-15-19-16(11-23-2)24-20-15/h4-7,14H,3,8-11H2,1-2H3,(H,18,22). The van der Waals surface area contributed by atoms with Crippen molar-refractivity contribution < 1.29 is 14.1 Å². The van der Waals surface area contributed by atoms with E-state index in [1.54, 1.807) is 7.11 Å². The normalized spacial score (nSPS) is 17.5. The van der Waals surface area contributed by atoms with Gasteiger partial charge in [-0.1, -0.05) is 36.3 Å². The summed E-state index contributed by atoms with van der Waals surface area (Å²) in [7, 11) is 1.56. The smallest absolute Gasteiger partial charge is 0.252 e. The lowest BCUT2D eigenvalue weighted by molar-refractivity contribution is -0.127. The Bertz CT molecular complexity index is 701. The molecule has 0 saturated heterocycles. The maximum Gasteiger partial charge on any atom is 0.252 e. The van der Waals surface area contributed by atoms with Gasteiger partial charge in [-0.3, -0.25) is 9.69 Å². The fourth-order valence-corrected chi connectivity index (χ4v) is 3.00. The minimum atomic E-state index is -0.171. The van der Waals surface area contributed by atoms with Crippen LogP contribution in [0, 0.1) is 0 Å². The number of aromatic nitrogens is 2. The Morgan fingerprint density at radius 2 is 2.21 bits per heavy atom. The monoisotopic (exact) mass is 330 g/mol. The fourth-order valence-electron chi connectivity index (χ4n) is 3.00. The van der Waals surface area contributed by atoms with E-state index in [1.165, 1.54) is 11.1 Å². The highest BCUT2D eigenvalue weighted by atomic mass is 16.5. The summed E-state index contributed by atoms with van der Waals surface area (Å²) in [6.45, 7) is 4.22. The molecule has 1 atom stereocenters. The minimum absolute atomic E-state index is 0.00977. The molecule has 128 valence electrons. The van der Waals surface area contributed by atoms with Crippen LogP contribution < -0.4 is 5.32 Å². The quantitative estimate of drug-likeness (QED) is 0.859. The zero-order valence-electron chi connectivity index (χ0n) is 14.0. The van der Waals surface area contributed by atoms with Gasteiger partial charge in [-0.25, -0.2) is 0 Å². The van der Waals surface area contributed by atoms with Gasteiger partial charge in [-0.15, -0.1) is 0 Å². The van der Waals surface area contributed by atoms with E-state index in [-0.39, 0.29) is 25.1 Å². The van der Waals surface area contributed by atoms with Crippen LogP contribution in [0.25, 0.3) is 0 Å². The van der Waals surface area contributed by atoms with Crippen LogP contribution in [0.15, 0.2) is 28.8 Å². The second-order valence-electron chi connectivity index (χ2n) is 5.81. The summed E-state index contributed by atoms with van der Waals surface area (Å²) in [6.07, 6.45) is 0.719. The molecule has 1 aromatic heterocycles. The van der Waals surface area contributed by atoms with Crippen molar-refractivity contribution >= 4 is 5.91 Å². The minimum Gasteiger partial charge on any atom is -0.375 e. The van der Waals surface area contributed by atoms with Gasteiger partial charge in [0.25, 0.3) is 5.89 Å². The third kappa shape index (κ3) is 3.63. The molecule has 1 N–H and O–H groups in total. The Morgan fingerprint density at radius 1 is 1.42 bits per heavy atom. The molecular formula is C17H22N4O3. The average Bonchev–Trinajstić information content (AvgIpc) is 3.06. The first-order valence-corrected chi connectivity index (χ1v) is 8.10. The number of nitrogens with one attached hydrogen (secondary N) is 1. The van der Waals surface area contributed by atoms with Gasteiger partial charge in [0.05, 0.1) is 12.6 Å². The average molecular weight is 330 g/mol. The number of ether oxygens (including phenoxy) is 1. The van der Waals surface area contributed by atoms with E-state index < -0.39 is 0 Å². The van der Waals surface area contributed by atoms with Crippen molar-refractivity contribution in [2.75, 3.05) is 13.7 Å². The van der Waals surface area contributed by atoms with E-state index in [9.17, 15) is 4.79 Å². The highest BCUT2D eigenvalue weighted by Crippen LogP contribution is 2.23. The zero-order valence-corrected chi connectivity index (χ0v) is 14.0. The molecule has 0 bridgehead atoms. The Labute approximate surface area is 141 Å². The zero-order chi connectivity index (χ0) is 16.9. The van der Waals surface area contributed by atoms with Crippen molar-refractivity contribution in [3.05, 3.63) is 47.1 Å². The molecule has 0 saturated carbocycles. The van der Waals surface area contributed by atoms with Crippen molar-refractivity contribution in [2.45, 2.75) is 39.1 Å². The molecule has 2 heterocycles. The van der Waals surface area contributed by atoms with Crippen LogP contribution >= 0.6 is 0 Å². The second kappa shape index (κ2) is 7.55. The van der Waals surface area contributed by atoms with E-state index >= 15 is 0 Å². The molecule has 2 aromatic rings. The number of likely N-dealkylation sites (N-methyl/N-ethyl adjacent to an activating group) is 1. The molecule has 0 spiro atoms. The third-order valence-electron chi connectivity index (χ3n) is 4.25. The van der Waals surface area contributed by atoms with Gasteiger partial charge in [0.2, 0.25) is 5.91 Å². The molecule has 24 heavy (non-hydrogen) atoms. The van der Waals surface area contributed by atoms with Gasteiger partial charge in [0.15, 0.2) is 5.82 Å². The summed E-state index contributed by atoms with van der Waals surface area (Å²) in [5.74, 6) is 0.850. The van der Waals surface area contributed by atoms with Crippen LogP contribution in [0.5, 0.6) is 0 Å². The van der Waals surface area contributed by atoms with Crippen LogP contribution in [0.4, 0.5) is 0 Å². The van der Waals surface area contributed by atoms with Gasteiger partial charge >= 0.3 is 0 Å². The van der Waals surface area contributed by atoms with Gasteiger partial charge < -0.3 is 14.6 Å². The number of carbonyl (C=O) groups is 1. The van der Waals surface area contributed by atoms with Crippen LogP contribution in [-0.4, -0.2) is 40.6 Å². The first-order chi connectivity index (χ1) is 11.7. The number of nitrogens with zero attached hydrogens (tertiary/aromatic N) is 3. The van der Waals surface area contributed by atoms with E-state index in [0.717, 1.165) is 19.5 Å². The topological polar surface area (TPSA) is 80.5 Å². The number of fused-ring (bicyclic) bond motifs is 1. The molecule has 1 aliphatic rings. The Kier molecular flexibility index (Phi) is 5.22. The lowest BCUT2D eigenvalue weighted by Crippen LogP contribution is -2.50. The van der Waals surface area contributed by atoms with Crippen molar-refractivity contribution in [1.82, 2.24) is 20.4 Å². The number of amides is 1. The summed E-state index contributed by atoms with van der Waals surface area (Å²) in [5.41, 5.74) is 2.54.